The Hall–Kier alpha value is -2.16. The summed E-state index contributed by atoms with van der Waals surface area (Å²) in [6, 6.07) is 3.04. The van der Waals surface area contributed by atoms with Gasteiger partial charge in [-0.3, -0.25) is 0 Å². The van der Waals surface area contributed by atoms with Gasteiger partial charge in [0.2, 0.25) is 6.29 Å². The van der Waals surface area contributed by atoms with Crippen LogP contribution in [0.15, 0.2) is 54.5 Å². The molecule has 7 nitrogen and oxygen atoms in total. The highest BCUT2D eigenvalue weighted by Crippen LogP contribution is 2.41. The van der Waals surface area contributed by atoms with E-state index in [1.54, 1.807) is 24.3 Å². The molecule has 0 aromatic heterocycles. The first kappa shape index (κ1) is 15.7. The van der Waals surface area contributed by atoms with E-state index in [0.29, 0.717) is 24.3 Å². The van der Waals surface area contributed by atoms with E-state index in [4.69, 9.17) is 38.0 Å². The number of methoxy groups -OCH3 is 1. The highest BCUT2D eigenvalue weighted by atomic mass is 16.8. The zero-order valence-corrected chi connectivity index (χ0v) is 18.3. The molecule has 5 atom stereocenters. The van der Waals surface area contributed by atoms with Crippen LogP contribution in [0.3, 0.4) is 0 Å². The average Bonchev–Trinajstić information content (AvgIpc) is 2.94. The van der Waals surface area contributed by atoms with Gasteiger partial charge in [-0.15, -0.1) is 0 Å². The van der Waals surface area contributed by atoms with Crippen LogP contribution in [0.25, 0.3) is 0 Å². The third kappa shape index (κ3) is 5.03. The fourth-order valence-corrected chi connectivity index (χ4v) is 4.49. The number of fused-ring (bicyclic) bond motifs is 1. The van der Waals surface area contributed by atoms with Crippen molar-refractivity contribution in [3.63, 3.8) is 0 Å². The Morgan fingerprint density at radius 1 is 1.09 bits per heavy atom. The van der Waals surface area contributed by atoms with Gasteiger partial charge >= 0.3 is 0 Å². The average molecular weight is 464 g/mol. The molecule has 2 aliphatic heterocycles. The number of aliphatic hydroxyl groups excluding tert-OH is 1. The second kappa shape index (κ2) is 9.99. The van der Waals surface area contributed by atoms with E-state index >= 15 is 0 Å². The molecule has 2 heterocycles. The van der Waals surface area contributed by atoms with E-state index < -0.39 is 78.8 Å². The Morgan fingerprint density at radius 3 is 2.55 bits per heavy atom. The standard InChI is InChI=1S/C26H32O7/c1-28-19-10-12-20(13-11-19)31-25-22(27)24(29-16-18-8-4-2-5-9-18)23-21(32-25)17-30-26(33-23)14-6-3-7-15-26/h2,4-5,8-13,21-25,27H,3,6-7,14-17H2,1H3/t21-,22-,23-,24-,25-/m1/s1/i2D,4D,5D,8D,9D,16D2. The van der Waals surface area contributed by atoms with Crippen LogP contribution in [0.1, 0.15) is 47.3 Å². The van der Waals surface area contributed by atoms with Gasteiger partial charge in [-0.25, -0.2) is 0 Å². The molecule has 3 aliphatic rings. The van der Waals surface area contributed by atoms with Crippen LogP contribution in [0.4, 0.5) is 0 Å². The fraction of sp³-hybridized carbons (Fsp3) is 0.538. The molecule has 1 aliphatic carbocycles. The minimum atomic E-state index is -2.91. The topological polar surface area (TPSA) is 75.6 Å². The summed E-state index contributed by atoms with van der Waals surface area (Å²) in [6.07, 6.45) is -2.10. The minimum Gasteiger partial charge on any atom is -0.497 e. The molecule has 33 heavy (non-hydrogen) atoms. The monoisotopic (exact) mass is 463 g/mol. The van der Waals surface area contributed by atoms with E-state index in [1.807, 2.05) is 0 Å². The maximum atomic E-state index is 11.4. The van der Waals surface area contributed by atoms with Gasteiger partial charge in [-0.2, -0.15) is 0 Å². The van der Waals surface area contributed by atoms with E-state index in [2.05, 4.69) is 0 Å². The van der Waals surface area contributed by atoms with Crippen LogP contribution in [0.2, 0.25) is 0 Å². The number of hydrogen-bond acceptors (Lipinski definition) is 7. The Bertz CT molecular complexity index is 1190. The van der Waals surface area contributed by atoms with Crippen LogP contribution in [0, 0.1) is 0 Å². The molecule has 1 N–H and O–H groups in total. The van der Waals surface area contributed by atoms with Crippen molar-refractivity contribution in [3.8, 4) is 11.5 Å². The predicted molar refractivity (Wildman–Crippen MR) is 120 cm³/mol. The number of benzene rings is 2. The second-order valence-corrected chi connectivity index (χ2v) is 8.38. The second-order valence-electron chi connectivity index (χ2n) is 8.38. The lowest BCUT2D eigenvalue weighted by atomic mass is 9.90. The lowest BCUT2D eigenvalue weighted by Gasteiger charge is -2.52. The molecule has 2 aromatic carbocycles. The molecule has 0 unspecified atom stereocenters. The zero-order chi connectivity index (χ0) is 28.8. The van der Waals surface area contributed by atoms with Gasteiger partial charge in [0.05, 0.1) is 29.9 Å². The molecule has 5 rings (SSSR count). The van der Waals surface area contributed by atoms with Crippen molar-refractivity contribution < 1.29 is 43.1 Å². The predicted octanol–water partition coefficient (Wildman–Crippen LogP) is 3.82. The summed E-state index contributed by atoms with van der Waals surface area (Å²) in [4.78, 5) is 0. The first-order valence-electron chi connectivity index (χ1n) is 14.7. The maximum Gasteiger partial charge on any atom is 0.229 e. The minimum absolute atomic E-state index is 0.0807. The van der Waals surface area contributed by atoms with E-state index in [9.17, 15) is 5.11 Å². The molecule has 1 saturated carbocycles. The number of rotatable bonds is 6. The molecule has 1 spiro atoms. The molecular weight excluding hydrogens is 424 g/mol. The number of ether oxygens (including phenoxy) is 6. The summed E-state index contributed by atoms with van der Waals surface area (Å²) in [7, 11) is 1.53. The van der Waals surface area contributed by atoms with Crippen molar-refractivity contribution in [2.24, 2.45) is 0 Å². The normalized spacial score (nSPS) is 34.5. The first-order chi connectivity index (χ1) is 19.0. The van der Waals surface area contributed by atoms with Crippen LogP contribution in [-0.2, 0) is 25.5 Å². The van der Waals surface area contributed by atoms with Crippen LogP contribution in [0.5, 0.6) is 11.5 Å². The molecular formula is C26H32O7. The van der Waals surface area contributed by atoms with Gasteiger partial charge < -0.3 is 33.5 Å². The number of aliphatic hydroxyl groups is 1. The highest BCUT2D eigenvalue weighted by Gasteiger charge is 2.54. The summed E-state index contributed by atoms with van der Waals surface area (Å²) < 4.78 is 93.1. The molecule has 178 valence electrons. The molecule has 0 bridgehead atoms. The summed E-state index contributed by atoms with van der Waals surface area (Å²) in [6.45, 7) is -2.83. The Kier molecular flexibility index (Phi) is 4.75. The van der Waals surface area contributed by atoms with Gasteiger partial charge in [0, 0.05) is 12.8 Å². The van der Waals surface area contributed by atoms with Crippen molar-refractivity contribution in [3.05, 3.63) is 60.0 Å². The van der Waals surface area contributed by atoms with Gasteiger partial charge in [0.15, 0.2) is 5.79 Å². The number of hydrogen-bond donors (Lipinski definition) is 1. The molecule has 2 saturated heterocycles. The largest absolute Gasteiger partial charge is 0.497 e. The van der Waals surface area contributed by atoms with E-state index in [1.165, 1.54) is 7.11 Å². The zero-order valence-electron chi connectivity index (χ0n) is 25.3. The van der Waals surface area contributed by atoms with Crippen molar-refractivity contribution in [2.75, 3.05) is 13.7 Å². The third-order valence-electron chi connectivity index (χ3n) is 6.20. The Labute approximate surface area is 204 Å². The van der Waals surface area contributed by atoms with Gasteiger partial charge in [0.25, 0.3) is 0 Å². The van der Waals surface area contributed by atoms with E-state index in [0.717, 1.165) is 19.3 Å². The summed E-state index contributed by atoms with van der Waals surface area (Å²) >= 11 is 0. The molecule has 0 radical (unpaired) electrons. The summed E-state index contributed by atoms with van der Waals surface area (Å²) in [5.74, 6) is 0.00604. The van der Waals surface area contributed by atoms with Gasteiger partial charge in [-0.05, 0) is 42.7 Å². The molecule has 3 fully saturated rings. The van der Waals surface area contributed by atoms with Crippen LogP contribution in [-0.4, -0.2) is 55.3 Å². The van der Waals surface area contributed by atoms with Gasteiger partial charge in [-0.1, -0.05) is 36.6 Å². The summed E-state index contributed by atoms with van der Waals surface area (Å²) in [5.41, 5.74) is -0.680. The maximum absolute atomic E-state index is 11.4. The SMILES string of the molecule is [2H]c1c([2H])c([2H])c(C([2H])([2H])O[C@@H]2[C@@H](O)[C@H](Oc3ccc(OC)cc3)O[C@@H]3COC4(CCCCC4)O[C@@H]23)c([2H])c1[2H]. The van der Waals surface area contributed by atoms with Crippen LogP contribution >= 0.6 is 0 Å². The smallest absolute Gasteiger partial charge is 0.229 e. The van der Waals surface area contributed by atoms with E-state index in [-0.39, 0.29) is 6.61 Å². The summed E-state index contributed by atoms with van der Waals surface area (Å²) in [5, 5.41) is 11.4. The van der Waals surface area contributed by atoms with Crippen LogP contribution < -0.4 is 9.47 Å². The van der Waals surface area contributed by atoms with Crippen molar-refractivity contribution in [1.82, 2.24) is 0 Å². The first-order valence-corrected chi connectivity index (χ1v) is 11.2. The lowest BCUT2D eigenvalue weighted by molar-refractivity contribution is -0.392. The lowest BCUT2D eigenvalue weighted by Crippen LogP contribution is -2.67. The van der Waals surface area contributed by atoms with Crippen molar-refractivity contribution in [2.45, 2.75) is 75.2 Å². The van der Waals surface area contributed by atoms with Crippen molar-refractivity contribution in [1.29, 1.82) is 0 Å². The highest BCUT2D eigenvalue weighted by molar-refractivity contribution is 5.31. The Balaban J connectivity index is 1.48. The Morgan fingerprint density at radius 2 is 1.82 bits per heavy atom. The molecule has 7 heteroatoms. The molecule has 0 amide bonds. The molecule has 2 aromatic rings. The quantitative estimate of drug-likeness (QED) is 0.698. The third-order valence-corrected chi connectivity index (χ3v) is 6.20. The van der Waals surface area contributed by atoms with Gasteiger partial charge in [0.1, 0.15) is 35.9 Å². The van der Waals surface area contributed by atoms with Crippen molar-refractivity contribution >= 4 is 0 Å². The fourth-order valence-electron chi connectivity index (χ4n) is 4.49.